The number of hydrogen-bond acceptors (Lipinski definition) is 4. The van der Waals surface area contributed by atoms with E-state index < -0.39 is 11.6 Å². The standard InChI is InChI=1S/C12H12F2N2OS/c13-7-4-9(14)11-10(5-7)18-12(15-11)16-3-1-2-8(17)6-16/h4-5,8,17H,1-3,6H2. The lowest BCUT2D eigenvalue weighted by Gasteiger charge is -2.29. The fourth-order valence-electron chi connectivity index (χ4n) is 2.21. The van der Waals surface area contributed by atoms with Gasteiger partial charge in [-0.1, -0.05) is 11.3 Å². The normalized spacial score (nSPS) is 20.6. The molecule has 1 atom stereocenters. The summed E-state index contributed by atoms with van der Waals surface area (Å²) >= 11 is 1.26. The zero-order valence-electron chi connectivity index (χ0n) is 9.57. The second-order valence-corrected chi connectivity index (χ2v) is 5.48. The Morgan fingerprint density at radius 3 is 3.00 bits per heavy atom. The van der Waals surface area contributed by atoms with Crippen LogP contribution in [-0.2, 0) is 0 Å². The van der Waals surface area contributed by atoms with E-state index in [-0.39, 0.29) is 11.6 Å². The van der Waals surface area contributed by atoms with Crippen molar-refractivity contribution in [1.82, 2.24) is 4.98 Å². The molecule has 1 aliphatic rings. The number of aliphatic hydroxyl groups excluding tert-OH is 1. The van der Waals surface area contributed by atoms with Crippen LogP contribution in [0.5, 0.6) is 0 Å². The van der Waals surface area contributed by atoms with E-state index in [4.69, 9.17) is 0 Å². The number of aliphatic hydroxyl groups is 1. The van der Waals surface area contributed by atoms with E-state index in [0.717, 1.165) is 25.5 Å². The lowest BCUT2D eigenvalue weighted by Crippen LogP contribution is -2.38. The van der Waals surface area contributed by atoms with Crippen LogP contribution in [0.4, 0.5) is 13.9 Å². The van der Waals surface area contributed by atoms with Gasteiger partial charge in [-0.2, -0.15) is 0 Å². The minimum atomic E-state index is -0.634. The Labute approximate surface area is 107 Å². The van der Waals surface area contributed by atoms with Gasteiger partial charge in [0, 0.05) is 19.2 Å². The first-order chi connectivity index (χ1) is 8.63. The van der Waals surface area contributed by atoms with E-state index in [1.165, 1.54) is 17.4 Å². The fraction of sp³-hybridized carbons (Fsp3) is 0.417. The smallest absolute Gasteiger partial charge is 0.186 e. The van der Waals surface area contributed by atoms with Gasteiger partial charge in [0.05, 0.1) is 10.8 Å². The monoisotopic (exact) mass is 270 g/mol. The molecule has 1 N–H and O–H groups in total. The van der Waals surface area contributed by atoms with Crippen molar-refractivity contribution in [2.75, 3.05) is 18.0 Å². The van der Waals surface area contributed by atoms with Gasteiger partial charge in [0.25, 0.3) is 0 Å². The van der Waals surface area contributed by atoms with Crippen molar-refractivity contribution in [2.24, 2.45) is 0 Å². The molecule has 1 fully saturated rings. The molecule has 3 rings (SSSR count). The molecule has 0 spiro atoms. The van der Waals surface area contributed by atoms with Crippen molar-refractivity contribution in [3.8, 4) is 0 Å². The molecule has 3 nitrogen and oxygen atoms in total. The molecule has 2 aromatic rings. The molecule has 6 heteroatoms. The van der Waals surface area contributed by atoms with E-state index in [0.29, 0.717) is 16.4 Å². The SMILES string of the molecule is OC1CCCN(c2nc3c(F)cc(F)cc3s2)C1. The number of rotatable bonds is 1. The zero-order chi connectivity index (χ0) is 12.7. The highest BCUT2D eigenvalue weighted by atomic mass is 32.1. The molecule has 1 aromatic heterocycles. The highest BCUT2D eigenvalue weighted by molar-refractivity contribution is 7.22. The quantitative estimate of drug-likeness (QED) is 0.865. The average Bonchev–Trinajstić information content (AvgIpc) is 2.73. The third-order valence-corrected chi connectivity index (χ3v) is 4.13. The van der Waals surface area contributed by atoms with Crippen LogP contribution in [0, 0.1) is 11.6 Å². The minimum absolute atomic E-state index is 0.205. The van der Waals surface area contributed by atoms with Gasteiger partial charge in [-0.05, 0) is 18.9 Å². The van der Waals surface area contributed by atoms with Crippen LogP contribution < -0.4 is 4.90 Å². The second kappa shape index (κ2) is 4.44. The highest BCUT2D eigenvalue weighted by Crippen LogP contribution is 2.32. The maximum absolute atomic E-state index is 13.5. The molecular formula is C12H12F2N2OS. The van der Waals surface area contributed by atoms with Gasteiger partial charge in [0.2, 0.25) is 0 Å². The molecule has 2 heterocycles. The second-order valence-electron chi connectivity index (χ2n) is 4.47. The summed E-state index contributed by atoms with van der Waals surface area (Å²) in [4.78, 5) is 6.13. The summed E-state index contributed by atoms with van der Waals surface area (Å²) in [5.74, 6) is -1.22. The highest BCUT2D eigenvalue weighted by Gasteiger charge is 2.21. The first kappa shape index (κ1) is 11.8. The van der Waals surface area contributed by atoms with Crippen molar-refractivity contribution in [3.63, 3.8) is 0 Å². The number of anilines is 1. The Morgan fingerprint density at radius 1 is 1.39 bits per heavy atom. The van der Waals surface area contributed by atoms with Crippen molar-refractivity contribution in [3.05, 3.63) is 23.8 Å². The number of thiazole rings is 1. The maximum Gasteiger partial charge on any atom is 0.186 e. The molecule has 1 aliphatic heterocycles. The first-order valence-corrected chi connectivity index (χ1v) is 6.64. The van der Waals surface area contributed by atoms with Crippen LogP contribution in [0.15, 0.2) is 12.1 Å². The van der Waals surface area contributed by atoms with E-state index in [1.54, 1.807) is 0 Å². The molecular weight excluding hydrogens is 258 g/mol. The molecule has 0 radical (unpaired) electrons. The van der Waals surface area contributed by atoms with Crippen molar-refractivity contribution in [1.29, 1.82) is 0 Å². The lowest BCUT2D eigenvalue weighted by molar-refractivity contribution is 0.154. The minimum Gasteiger partial charge on any atom is -0.391 e. The first-order valence-electron chi connectivity index (χ1n) is 5.82. The third kappa shape index (κ3) is 2.06. The molecule has 0 bridgehead atoms. The summed E-state index contributed by atoms with van der Waals surface area (Å²) < 4.78 is 27.1. The number of nitrogens with zero attached hydrogens (tertiary/aromatic N) is 2. The van der Waals surface area contributed by atoms with Crippen LogP contribution in [0.25, 0.3) is 10.2 Å². The van der Waals surface area contributed by atoms with Crippen molar-refractivity contribution in [2.45, 2.75) is 18.9 Å². The van der Waals surface area contributed by atoms with Gasteiger partial charge in [0.15, 0.2) is 10.9 Å². The topological polar surface area (TPSA) is 36.4 Å². The maximum atomic E-state index is 13.5. The summed E-state index contributed by atoms with van der Waals surface area (Å²) in [6, 6.07) is 2.14. The Kier molecular flexibility index (Phi) is 2.91. The predicted octanol–water partition coefficient (Wildman–Crippen LogP) is 2.54. The Bertz CT molecular complexity index is 587. The summed E-state index contributed by atoms with van der Waals surface area (Å²) in [7, 11) is 0. The molecule has 0 aliphatic carbocycles. The van der Waals surface area contributed by atoms with E-state index >= 15 is 0 Å². The molecule has 18 heavy (non-hydrogen) atoms. The van der Waals surface area contributed by atoms with Gasteiger partial charge in [-0.15, -0.1) is 0 Å². The molecule has 1 aromatic carbocycles. The van der Waals surface area contributed by atoms with Crippen LogP contribution in [0.2, 0.25) is 0 Å². The average molecular weight is 270 g/mol. The summed E-state index contributed by atoms with van der Waals surface area (Å²) in [5.41, 5.74) is 0.205. The van der Waals surface area contributed by atoms with Crippen molar-refractivity contribution >= 4 is 26.7 Å². The number of aromatic nitrogens is 1. The Morgan fingerprint density at radius 2 is 2.22 bits per heavy atom. The van der Waals surface area contributed by atoms with Gasteiger partial charge in [0.1, 0.15) is 11.3 Å². The van der Waals surface area contributed by atoms with E-state index in [9.17, 15) is 13.9 Å². The summed E-state index contributed by atoms with van der Waals surface area (Å²) in [5, 5.41) is 10.3. The van der Waals surface area contributed by atoms with E-state index in [2.05, 4.69) is 4.98 Å². The lowest BCUT2D eigenvalue weighted by atomic mass is 10.1. The number of hydrogen-bond donors (Lipinski definition) is 1. The Hall–Kier alpha value is -1.27. The largest absolute Gasteiger partial charge is 0.391 e. The molecule has 1 unspecified atom stereocenters. The predicted molar refractivity (Wildman–Crippen MR) is 67.0 cm³/mol. The molecule has 0 saturated carbocycles. The number of piperidine rings is 1. The molecule has 96 valence electrons. The Balaban J connectivity index is 2.00. The summed E-state index contributed by atoms with van der Waals surface area (Å²) in [6.45, 7) is 1.30. The van der Waals surface area contributed by atoms with E-state index in [1.807, 2.05) is 4.90 Å². The third-order valence-electron chi connectivity index (χ3n) is 3.07. The molecule has 1 saturated heterocycles. The number of halogens is 2. The fourth-order valence-corrected chi connectivity index (χ4v) is 3.25. The van der Waals surface area contributed by atoms with Gasteiger partial charge < -0.3 is 10.0 Å². The van der Waals surface area contributed by atoms with Crippen molar-refractivity contribution < 1.29 is 13.9 Å². The van der Waals surface area contributed by atoms with Crippen LogP contribution in [0.1, 0.15) is 12.8 Å². The van der Waals surface area contributed by atoms with Crippen LogP contribution in [-0.4, -0.2) is 29.3 Å². The number of benzene rings is 1. The summed E-state index contributed by atoms with van der Waals surface area (Å²) in [6.07, 6.45) is 1.30. The van der Waals surface area contributed by atoms with Crippen LogP contribution in [0.3, 0.4) is 0 Å². The number of β-amino-alcohol motifs (C(OH)–C–C–N with tert-alkyl or cyclic N) is 1. The molecule has 0 amide bonds. The number of fused-ring (bicyclic) bond motifs is 1. The van der Waals surface area contributed by atoms with Gasteiger partial charge >= 0.3 is 0 Å². The van der Waals surface area contributed by atoms with Gasteiger partial charge in [-0.25, -0.2) is 13.8 Å². The van der Waals surface area contributed by atoms with Crippen LogP contribution >= 0.6 is 11.3 Å². The zero-order valence-corrected chi connectivity index (χ0v) is 10.4. The van der Waals surface area contributed by atoms with Gasteiger partial charge in [-0.3, -0.25) is 0 Å².